The second kappa shape index (κ2) is 15.0. The van der Waals surface area contributed by atoms with Gasteiger partial charge in [-0.3, -0.25) is 19.2 Å². The summed E-state index contributed by atoms with van der Waals surface area (Å²) in [6, 6.07) is -4.20. The number of Topliss-reactive ketones (excluding diaryl/α,β-unsaturated/α-hetero) is 1. The van der Waals surface area contributed by atoms with Crippen LogP contribution >= 0.6 is 0 Å². The Hall–Kier alpha value is -3.00. The lowest BCUT2D eigenvalue weighted by Crippen LogP contribution is -2.62. The average molecular weight is 683 g/mol. The molecule has 0 aromatic heterocycles. The Morgan fingerprint density at radius 1 is 1.00 bits per heavy atom. The molecule has 13 nitrogen and oxygen atoms in total. The molecule has 1 aliphatic carbocycles. The number of carbonyl (C=O) groups is 5. The van der Waals surface area contributed by atoms with Crippen molar-refractivity contribution in [2.45, 2.75) is 106 Å². The molecule has 1 saturated heterocycles. The number of likely N-dealkylation sites (tertiary alicyclic amines) is 1. The van der Waals surface area contributed by atoms with Crippen LogP contribution in [0.3, 0.4) is 0 Å². The van der Waals surface area contributed by atoms with Gasteiger partial charge >= 0.3 is 6.03 Å². The van der Waals surface area contributed by atoms with Crippen molar-refractivity contribution in [3.8, 4) is 0 Å². The second-order valence-corrected chi connectivity index (χ2v) is 18.0. The zero-order chi connectivity index (χ0) is 36.3. The van der Waals surface area contributed by atoms with Gasteiger partial charge in [-0.05, 0) is 41.4 Å². The van der Waals surface area contributed by atoms with Crippen LogP contribution in [0.5, 0.6) is 0 Å². The molecule has 0 aromatic carbocycles. The molecule has 2 rings (SSSR count). The van der Waals surface area contributed by atoms with Crippen LogP contribution in [0.15, 0.2) is 12.7 Å². The molecule has 0 radical (unpaired) electrons. The van der Waals surface area contributed by atoms with E-state index >= 15 is 0 Å². The summed E-state index contributed by atoms with van der Waals surface area (Å²) in [7, 11) is -2.03. The van der Waals surface area contributed by atoms with Gasteiger partial charge in [0.2, 0.25) is 27.6 Å². The molecule has 1 saturated carbocycles. The summed E-state index contributed by atoms with van der Waals surface area (Å²) in [6.45, 7) is 22.6. The predicted octanol–water partition coefficient (Wildman–Crippen LogP) is 2.04. The highest BCUT2D eigenvalue weighted by atomic mass is 32.2. The lowest BCUT2D eigenvalue weighted by molar-refractivity contribution is -0.145. The summed E-state index contributed by atoms with van der Waals surface area (Å²) < 4.78 is 26.1. The van der Waals surface area contributed by atoms with Gasteiger partial charge in [-0.2, -0.15) is 0 Å². The predicted molar refractivity (Wildman–Crippen MR) is 182 cm³/mol. The molecule has 6 atom stereocenters. The maximum absolute atomic E-state index is 14.3. The van der Waals surface area contributed by atoms with Gasteiger partial charge in [0.05, 0.1) is 11.8 Å². The van der Waals surface area contributed by atoms with Crippen molar-refractivity contribution in [1.82, 2.24) is 30.5 Å². The number of hydrogen-bond donors (Lipinski definition) is 4. The molecule has 1 heterocycles. The van der Waals surface area contributed by atoms with Gasteiger partial charge in [0, 0.05) is 32.7 Å². The van der Waals surface area contributed by atoms with Gasteiger partial charge in [-0.1, -0.05) is 74.8 Å². The lowest BCUT2D eigenvalue weighted by atomic mass is 9.85. The molecule has 0 bridgehead atoms. The molecule has 14 heteroatoms. The van der Waals surface area contributed by atoms with E-state index in [2.05, 4.69) is 27.8 Å². The third kappa shape index (κ3) is 9.55. The normalized spacial score (nSPS) is 22.4. The summed E-state index contributed by atoms with van der Waals surface area (Å²) in [4.78, 5) is 68.6. The van der Waals surface area contributed by atoms with E-state index in [1.54, 1.807) is 6.92 Å². The van der Waals surface area contributed by atoms with Crippen LogP contribution in [0.4, 0.5) is 4.79 Å². The minimum absolute atomic E-state index is 0.0390. The number of nitrogens with zero attached hydrogens (tertiary/aromatic N) is 2. The Labute approximate surface area is 281 Å². The number of likely N-dealkylation sites (N-methyl/N-ethyl adjacent to an activating group) is 1. The SMILES string of the molecule is C=CCNC(=O)C(=O)C(CCC)NC(=O)[C@@H]1[C@@H]2[C@H](CN1C(=O)[C@@H](NC(=O)N[C@H](CN(C)S(=O)(=O)CC)C(C)(C)C)C(C)(C)C)C2(C)C. The van der Waals surface area contributed by atoms with E-state index in [-0.39, 0.29) is 42.5 Å². The monoisotopic (exact) mass is 682 g/mol. The van der Waals surface area contributed by atoms with E-state index in [0.717, 1.165) is 0 Å². The largest absolute Gasteiger partial charge is 0.346 e. The van der Waals surface area contributed by atoms with Crippen molar-refractivity contribution >= 4 is 39.6 Å². The number of amides is 5. The molecule has 5 amide bonds. The first-order valence-corrected chi connectivity index (χ1v) is 18.1. The van der Waals surface area contributed by atoms with E-state index in [4.69, 9.17) is 0 Å². The molecule has 2 fully saturated rings. The van der Waals surface area contributed by atoms with Crippen molar-refractivity contribution < 1.29 is 32.4 Å². The van der Waals surface area contributed by atoms with Gasteiger partial charge in [-0.25, -0.2) is 17.5 Å². The maximum Gasteiger partial charge on any atom is 0.315 e. The summed E-state index contributed by atoms with van der Waals surface area (Å²) in [5.41, 5.74) is -1.49. The highest BCUT2D eigenvalue weighted by molar-refractivity contribution is 7.89. The number of sulfonamides is 1. The molecule has 2 aliphatic rings. The van der Waals surface area contributed by atoms with Crippen LogP contribution in [0.25, 0.3) is 0 Å². The van der Waals surface area contributed by atoms with Crippen LogP contribution < -0.4 is 21.3 Å². The van der Waals surface area contributed by atoms with Gasteiger partial charge in [0.25, 0.3) is 5.91 Å². The van der Waals surface area contributed by atoms with Crippen LogP contribution in [0.2, 0.25) is 0 Å². The molecular formula is C33H58N6O7S. The van der Waals surface area contributed by atoms with Crippen LogP contribution in [0, 0.1) is 28.1 Å². The first-order valence-electron chi connectivity index (χ1n) is 16.5. The van der Waals surface area contributed by atoms with E-state index in [9.17, 15) is 32.4 Å². The second-order valence-electron chi connectivity index (χ2n) is 15.6. The quantitative estimate of drug-likeness (QED) is 0.151. The molecule has 0 spiro atoms. The van der Waals surface area contributed by atoms with Gasteiger partial charge in [-0.15, -0.1) is 6.58 Å². The standard InChI is InChI=1S/C33H58N6O7S/c1-13-16-21(25(40)28(42)34-17-14-2)35-27(41)24-23-20(33(23,10)11)18-39(24)29(43)26(32(7,8)9)37-30(44)36-22(31(4,5)6)19-38(12)47(45,46)15-3/h14,20-24,26H,2,13,15-19H2,1,3-12H3,(H,34,42)(H,35,41)(H2,36,37,44)/t20-,21?,22+,23-,24-,26+/m0/s1. The van der Waals surface area contributed by atoms with Crippen molar-refractivity contribution in [3.05, 3.63) is 12.7 Å². The Bertz CT molecular complexity index is 1320. The number of carbonyl (C=O) groups excluding carboxylic acids is 5. The van der Waals surface area contributed by atoms with E-state index in [1.165, 1.54) is 22.3 Å². The molecular weight excluding hydrogens is 624 g/mol. The zero-order valence-electron chi connectivity index (χ0n) is 30.2. The van der Waals surface area contributed by atoms with Crippen LogP contribution in [-0.2, 0) is 29.2 Å². The number of fused-ring (bicyclic) bond motifs is 1. The van der Waals surface area contributed by atoms with Gasteiger partial charge < -0.3 is 26.2 Å². The lowest BCUT2D eigenvalue weighted by Gasteiger charge is -2.39. The fraction of sp³-hybridized carbons (Fsp3) is 0.788. The first-order chi connectivity index (χ1) is 21.4. The smallest absolute Gasteiger partial charge is 0.315 e. The van der Waals surface area contributed by atoms with Gasteiger partial charge in [0.15, 0.2) is 0 Å². The Morgan fingerprint density at radius 2 is 1.60 bits per heavy atom. The molecule has 47 heavy (non-hydrogen) atoms. The molecule has 1 unspecified atom stereocenters. The van der Waals surface area contributed by atoms with Gasteiger partial charge in [0.1, 0.15) is 12.1 Å². The van der Waals surface area contributed by atoms with Crippen molar-refractivity contribution in [2.75, 3.05) is 32.4 Å². The summed E-state index contributed by atoms with van der Waals surface area (Å²) in [6.07, 6.45) is 2.24. The number of nitrogens with one attached hydrogen (secondary N) is 4. The van der Waals surface area contributed by atoms with E-state index < -0.39 is 74.6 Å². The maximum atomic E-state index is 14.3. The highest BCUT2D eigenvalue weighted by Crippen LogP contribution is 2.65. The molecule has 1 aliphatic heterocycles. The molecule has 0 aromatic rings. The van der Waals surface area contributed by atoms with Crippen molar-refractivity contribution in [3.63, 3.8) is 0 Å². The Kier molecular flexibility index (Phi) is 12.9. The summed E-state index contributed by atoms with van der Waals surface area (Å²) in [5.74, 6) is -2.71. The van der Waals surface area contributed by atoms with Crippen molar-refractivity contribution in [1.29, 1.82) is 0 Å². The van der Waals surface area contributed by atoms with E-state index in [1.807, 2.05) is 62.3 Å². The molecule has 4 N–H and O–H groups in total. The number of rotatable bonds is 15. The number of urea groups is 1. The minimum atomic E-state index is -3.50. The van der Waals surface area contributed by atoms with E-state index in [0.29, 0.717) is 13.0 Å². The third-order valence-corrected chi connectivity index (χ3v) is 11.4. The fourth-order valence-electron chi connectivity index (χ4n) is 6.31. The number of piperidine rings is 1. The van der Waals surface area contributed by atoms with Crippen molar-refractivity contribution in [2.24, 2.45) is 28.1 Å². The Balaban J connectivity index is 2.33. The average Bonchev–Trinajstić information content (AvgIpc) is 3.28. The highest BCUT2D eigenvalue weighted by Gasteiger charge is 2.70. The summed E-state index contributed by atoms with van der Waals surface area (Å²) >= 11 is 0. The number of ketones is 1. The third-order valence-electron chi connectivity index (χ3n) is 9.62. The molecule has 268 valence electrons. The fourth-order valence-corrected chi connectivity index (χ4v) is 7.13. The topological polar surface area (TPSA) is 174 Å². The van der Waals surface area contributed by atoms with Crippen LogP contribution in [0.1, 0.15) is 82.1 Å². The Morgan fingerprint density at radius 3 is 2.09 bits per heavy atom. The minimum Gasteiger partial charge on any atom is -0.346 e. The zero-order valence-corrected chi connectivity index (χ0v) is 31.0. The number of hydrogen-bond acceptors (Lipinski definition) is 7. The van der Waals surface area contributed by atoms with Crippen LogP contribution in [-0.4, -0.2) is 104 Å². The summed E-state index contributed by atoms with van der Waals surface area (Å²) in [5, 5.41) is 10.9. The first kappa shape index (κ1) is 40.2.